The van der Waals surface area contributed by atoms with Gasteiger partial charge in [-0.25, -0.2) is 4.79 Å². The third-order valence-electron chi connectivity index (χ3n) is 6.22. The van der Waals surface area contributed by atoms with Gasteiger partial charge in [-0.15, -0.1) is 0 Å². The molecule has 0 bridgehead atoms. The lowest BCUT2D eigenvalue weighted by Crippen LogP contribution is -2.72. The van der Waals surface area contributed by atoms with Crippen molar-refractivity contribution in [1.29, 1.82) is 0 Å². The SMILES string of the molecule is CCC(O)(CC)CNC(=O)NC1C2CCOC2C12CCC2. The number of aliphatic hydroxyl groups is 1. The fourth-order valence-electron chi connectivity index (χ4n) is 4.39. The standard InChI is InChI=1S/C16H28N2O3/c1-3-15(20,4-2)10-17-14(19)18-12-11-6-9-21-13(11)16(12)7-5-8-16/h11-13,20H,3-10H2,1-2H3,(H2,17,18,19). The number of carbonyl (C=O) groups is 1. The van der Waals surface area contributed by atoms with E-state index < -0.39 is 5.60 Å². The molecule has 0 aromatic heterocycles. The van der Waals surface area contributed by atoms with Crippen molar-refractivity contribution in [3.8, 4) is 0 Å². The normalized spacial score (nSPS) is 33.0. The average molecular weight is 296 g/mol. The number of ether oxygens (including phenoxy) is 1. The molecule has 5 heteroatoms. The molecule has 3 aliphatic rings. The van der Waals surface area contributed by atoms with Crippen LogP contribution in [0.5, 0.6) is 0 Å². The van der Waals surface area contributed by atoms with Gasteiger partial charge in [0, 0.05) is 30.5 Å². The Hall–Kier alpha value is -0.810. The second kappa shape index (κ2) is 5.43. The number of fused-ring (bicyclic) bond motifs is 2. The van der Waals surface area contributed by atoms with Gasteiger partial charge in [0.15, 0.2) is 0 Å². The molecule has 1 saturated heterocycles. The molecule has 0 radical (unpaired) electrons. The minimum atomic E-state index is -0.788. The largest absolute Gasteiger partial charge is 0.388 e. The average Bonchev–Trinajstić information content (AvgIpc) is 2.86. The molecule has 3 N–H and O–H groups in total. The van der Waals surface area contributed by atoms with Crippen LogP contribution in [0.4, 0.5) is 4.79 Å². The van der Waals surface area contributed by atoms with Crippen molar-refractivity contribution >= 4 is 6.03 Å². The van der Waals surface area contributed by atoms with Crippen molar-refractivity contribution in [2.75, 3.05) is 13.2 Å². The number of nitrogens with one attached hydrogen (secondary N) is 2. The minimum Gasteiger partial charge on any atom is -0.388 e. The number of rotatable bonds is 5. The lowest BCUT2D eigenvalue weighted by Gasteiger charge is -2.63. The first-order valence-corrected chi connectivity index (χ1v) is 8.43. The maximum atomic E-state index is 12.2. The van der Waals surface area contributed by atoms with E-state index in [1.807, 2.05) is 13.8 Å². The molecular formula is C16H28N2O3. The third kappa shape index (κ3) is 2.34. The fraction of sp³-hybridized carbons (Fsp3) is 0.938. The van der Waals surface area contributed by atoms with E-state index in [-0.39, 0.29) is 17.5 Å². The first-order valence-electron chi connectivity index (χ1n) is 8.43. The van der Waals surface area contributed by atoms with Gasteiger partial charge in [0.2, 0.25) is 0 Å². The van der Waals surface area contributed by atoms with Gasteiger partial charge in [-0.2, -0.15) is 0 Å². The predicted octanol–water partition coefficient (Wildman–Crippen LogP) is 1.79. The fourth-order valence-corrected chi connectivity index (χ4v) is 4.39. The summed E-state index contributed by atoms with van der Waals surface area (Å²) in [5.41, 5.74) is -0.575. The number of urea groups is 1. The van der Waals surface area contributed by atoms with Crippen LogP contribution >= 0.6 is 0 Å². The zero-order valence-electron chi connectivity index (χ0n) is 13.2. The van der Waals surface area contributed by atoms with Gasteiger partial charge in [0.25, 0.3) is 0 Å². The quantitative estimate of drug-likeness (QED) is 0.724. The first kappa shape index (κ1) is 15.1. The summed E-state index contributed by atoms with van der Waals surface area (Å²) in [6.07, 6.45) is 6.33. The second-order valence-electron chi connectivity index (χ2n) is 7.07. The highest BCUT2D eigenvalue weighted by Gasteiger charge is 2.66. The summed E-state index contributed by atoms with van der Waals surface area (Å²) in [6.45, 7) is 5.04. The van der Waals surface area contributed by atoms with E-state index in [1.165, 1.54) is 19.3 Å². The lowest BCUT2D eigenvalue weighted by atomic mass is 9.46. The van der Waals surface area contributed by atoms with Crippen molar-refractivity contribution in [2.24, 2.45) is 11.3 Å². The predicted molar refractivity (Wildman–Crippen MR) is 80.0 cm³/mol. The van der Waals surface area contributed by atoms with Gasteiger partial charge in [-0.05, 0) is 32.1 Å². The Labute approximate surface area is 126 Å². The van der Waals surface area contributed by atoms with Crippen LogP contribution in [0.1, 0.15) is 52.4 Å². The molecule has 3 rings (SSSR count). The van der Waals surface area contributed by atoms with E-state index in [4.69, 9.17) is 4.74 Å². The van der Waals surface area contributed by atoms with Gasteiger partial charge in [0.05, 0.1) is 11.7 Å². The van der Waals surface area contributed by atoms with Crippen LogP contribution in [0.2, 0.25) is 0 Å². The molecule has 1 heterocycles. The number of amides is 2. The van der Waals surface area contributed by atoms with Gasteiger partial charge >= 0.3 is 6.03 Å². The molecule has 2 amide bonds. The molecule has 0 aromatic rings. The van der Waals surface area contributed by atoms with Crippen LogP contribution in [0.3, 0.4) is 0 Å². The number of hydrogen-bond donors (Lipinski definition) is 3. The first-order chi connectivity index (χ1) is 10.0. The van der Waals surface area contributed by atoms with Gasteiger partial charge in [0.1, 0.15) is 0 Å². The highest BCUT2D eigenvalue weighted by molar-refractivity contribution is 5.74. The van der Waals surface area contributed by atoms with E-state index in [1.54, 1.807) is 0 Å². The van der Waals surface area contributed by atoms with E-state index in [2.05, 4.69) is 10.6 Å². The topological polar surface area (TPSA) is 70.6 Å². The van der Waals surface area contributed by atoms with Crippen LogP contribution < -0.4 is 10.6 Å². The molecule has 1 aliphatic heterocycles. The van der Waals surface area contributed by atoms with E-state index in [0.717, 1.165) is 13.0 Å². The Kier molecular flexibility index (Phi) is 3.91. The molecule has 2 saturated carbocycles. The Morgan fingerprint density at radius 3 is 2.67 bits per heavy atom. The molecule has 3 atom stereocenters. The Bertz CT molecular complexity index is 404. The van der Waals surface area contributed by atoms with Crippen molar-refractivity contribution in [3.05, 3.63) is 0 Å². The van der Waals surface area contributed by atoms with Crippen LogP contribution in [0.25, 0.3) is 0 Å². The zero-order chi connectivity index (χ0) is 15.1. The molecular weight excluding hydrogens is 268 g/mol. The summed E-state index contributed by atoms with van der Waals surface area (Å²) in [6, 6.07) is 0.118. The molecule has 2 aliphatic carbocycles. The molecule has 3 unspecified atom stereocenters. The summed E-state index contributed by atoms with van der Waals surface area (Å²) in [4.78, 5) is 12.2. The van der Waals surface area contributed by atoms with Crippen LogP contribution in [0, 0.1) is 11.3 Å². The molecule has 5 nitrogen and oxygen atoms in total. The Balaban J connectivity index is 1.53. The van der Waals surface area contributed by atoms with Crippen LogP contribution in [-0.4, -0.2) is 42.0 Å². The zero-order valence-corrected chi connectivity index (χ0v) is 13.2. The monoisotopic (exact) mass is 296 g/mol. The molecule has 0 aromatic carbocycles. The maximum Gasteiger partial charge on any atom is 0.315 e. The third-order valence-corrected chi connectivity index (χ3v) is 6.22. The van der Waals surface area contributed by atoms with Crippen molar-refractivity contribution < 1.29 is 14.6 Å². The highest BCUT2D eigenvalue weighted by atomic mass is 16.5. The Morgan fingerprint density at radius 1 is 1.38 bits per heavy atom. The Morgan fingerprint density at radius 2 is 2.10 bits per heavy atom. The van der Waals surface area contributed by atoms with Gasteiger partial charge < -0.3 is 20.5 Å². The number of carbonyl (C=O) groups excluding carboxylic acids is 1. The van der Waals surface area contributed by atoms with Gasteiger partial charge in [-0.3, -0.25) is 0 Å². The minimum absolute atomic E-state index is 0.142. The van der Waals surface area contributed by atoms with E-state index >= 15 is 0 Å². The summed E-state index contributed by atoms with van der Waals surface area (Å²) in [5.74, 6) is 0.493. The lowest BCUT2D eigenvalue weighted by molar-refractivity contribution is -0.172. The second-order valence-corrected chi connectivity index (χ2v) is 7.07. The summed E-state index contributed by atoms with van der Waals surface area (Å²) in [5, 5.41) is 16.2. The van der Waals surface area contributed by atoms with Crippen molar-refractivity contribution in [1.82, 2.24) is 10.6 Å². The van der Waals surface area contributed by atoms with E-state index in [0.29, 0.717) is 31.4 Å². The van der Waals surface area contributed by atoms with E-state index in [9.17, 15) is 9.90 Å². The van der Waals surface area contributed by atoms with Gasteiger partial charge in [-0.1, -0.05) is 20.3 Å². The molecule has 1 spiro atoms. The van der Waals surface area contributed by atoms with Crippen LogP contribution in [-0.2, 0) is 4.74 Å². The summed E-state index contributed by atoms with van der Waals surface area (Å²) < 4.78 is 5.86. The van der Waals surface area contributed by atoms with Crippen molar-refractivity contribution in [2.45, 2.75) is 70.1 Å². The van der Waals surface area contributed by atoms with Crippen molar-refractivity contribution in [3.63, 3.8) is 0 Å². The molecule has 3 fully saturated rings. The molecule has 120 valence electrons. The van der Waals surface area contributed by atoms with Crippen LogP contribution in [0.15, 0.2) is 0 Å². The molecule has 21 heavy (non-hydrogen) atoms. The summed E-state index contributed by atoms with van der Waals surface area (Å²) >= 11 is 0. The highest BCUT2D eigenvalue weighted by Crippen LogP contribution is 2.62. The smallest absolute Gasteiger partial charge is 0.315 e. The maximum absolute atomic E-state index is 12.2. The summed E-state index contributed by atoms with van der Waals surface area (Å²) in [7, 11) is 0. The number of hydrogen-bond acceptors (Lipinski definition) is 3.